The normalized spacial score (nSPS) is 15.4. The van der Waals surface area contributed by atoms with Gasteiger partial charge in [0.1, 0.15) is 0 Å². The molecule has 0 rings (SSSR count). The van der Waals surface area contributed by atoms with E-state index in [4.69, 9.17) is 19.3 Å². The number of hydrogen-bond donors (Lipinski definition) is 1. The number of aliphatic hydroxyl groups excluding tert-OH is 1. The van der Waals surface area contributed by atoms with E-state index < -0.39 is 6.48 Å². The van der Waals surface area contributed by atoms with E-state index in [9.17, 15) is 0 Å². The van der Waals surface area contributed by atoms with Crippen molar-refractivity contribution in [1.82, 2.24) is 0 Å². The molecule has 0 spiro atoms. The summed E-state index contributed by atoms with van der Waals surface area (Å²) in [7, 11) is 0. The number of aliphatic hydroxyl groups is 1. The van der Waals surface area contributed by atoms with Gasteiger partial charge in [-0.1, -0.05) is 20.3 Å². The van der Waals surface area contributed by atoms with Crippen LogP contribution in [0.15, 0.2) is 0 Å². The largest absolute Gasteiger partial charge is 0.352 e. The van der Waals surface area contributed by atoms with Crippen LogP contribution in [0, 0.1) is 0 Å². The average molecular weight is 206 g/mol. The fourth-order valence-electron chi connectivity index (χ4n) is 0.708. The summed E-state index contributed by atoms with van der Waals surface area (Å²) in [5.41, 5.74) is 0. The van der Waals surface area contributed by atoms with Crippen molar-refractivity contribution in [1.29, 1.82) is 0 Å². The van der Waals surface area contributed by atoms with E-state index >= 15 is 0 Å². The summed E-state index contributed by atoms with van der Waals surface area (Å²) in [6.45, 7) is 5.46. The summed E-state index contributed by atoms with van der Waals surface area (Å²) < 4.78 is 15.0. The molecule has 0 bridgehead atoms. The highest BCUT2D eigenvalue weighted by Crippen LogP contribution is 1.98. The third-order valence-corrected chi connectivity index (χ3v) is 1.90. The first-order chi connectivity index (χ1) is 6.70. The minimum atomic E-state index is -1.16. The van der Waals surface area contributed by atoms with Crippen LogP contribution in [0.2, 0.25) is 0 Å². The minimum Gasteiger partial charge on any atom is -0.352 e. The Morgan fingerprint density at radius 2 is 1.86 bits per heavy atom. The lowest BCUT2D eigenvalue weighted by atomic mass is 10.3. The van der Waals surface area contributed by atoms with Gasteiger partial charge < -0.3 is 19.3 Å². The highest BCUT2D eigenvalue weighted by atomic mass is 16.8. The van der Waals surface area contributed by atoms with Gasteiger partial charge in [-0.25, -0.2) is 0 Å². The summed E-state index contributed by atoms with van der Waals surface area (Å²) in [5, 5.41) is 9.14. The second-order valence-corrected chi connectivity index (χ2v) is 3.20. The Morgan fingerprint density at radius 1 is 1.14 bits per heavy atom. The van der Waals surface area contributed by atoms with Gasteiger partial charge in [0.2, 0.25) is 0 Å². The molecule has 0 aromatic carbocycles. The highest BCUT2D eigenvalue weighted by molar-refractivity contribution is 4.40. The molecular formula is C10H22O4. The van der Waals surface area contributed by atoms with Gasteiger partial charge in [-0.2, -0.15) is 0 Å². The van der Waals surface area contributed by atoms with Crippen molar-refractivity contribution in [3.05, 3.63) is 0 Å². The number of ether oxygens (including phenoxy) is 3. The molecule has 1 N–H and O–H groups in total. The molecule has 0 saturated carbocycles. The maximum Gasteiger partial charge on any atom is 0.271 e. The van der Waals surface area contributed by atoms with Crippen LogP contribution in [-0.2, 0) is 14.2 Å². The zero-order valence-corrected chi connectivity index (χ0v) is 9.36. The monoisotopic (exact) mass is 206 g/mol. The summed E-state index contributed by atoms with van der Waals surface area (Å²) >= 11 is 0. The molecule has 0 aliphatic carbocycles. The predicted octanol–water partition coefficient (Wildman–Crippen LogP) is 1.87. The molecule has 0 aromatic heterocycles. The standard InChI is InChI=1S/C10H22O4/c1-4-6-7-12-10(11)14-8-13-9(3)5-2/h9-11H,4-8H2,1-3H3. The molecule has 0 aliphatic heterocycles. The van der Waals surface area contributed by atoms with Crippen molar-refractivity contribution in [2.24, 2.45) is 0 Å². The molecule has 2 unspecified atom stereocenters. The van der Waals surface area contributed by atoms with Gasteiger partial charge in [0.25, 0.3) is 6.48 Å². The molecule has 86 valence electrons. The Labute approximate surface area is 86.2 Å². The number of unbranched alkanes of at least 4 members (excludes halogenated alkanes) is 1. The van der Waals surface area contributed by atoms with Crippen LogP contribution in [0.5, 0.6) is 0 Å². The second kappa shape index (κ2) is 9.40. The molecule has 0 aromatic rings. The second-order valence-electron chi connectivity index (χ2n) is 3.20. The summed E-state index contributed by atoms with van der Waals surface area (Å²) in [4.78, 5) is 0. The van der Waals surface area contributed by atoms with Crippen molar-refractivity contribution in [2.45, 2.75) is 52.6 Å². The maximum absolute atomic E-state index is 9.14. The molecule has 0 saturated heterocycles. The Hall–Kier alpha value is -0.160. The molecule has 4 heteroatoms. The van der Waals surface area contributed by atoms with Crippen LogP contribution in [0.25, 0.3) is 0 Å². The zero-order valence-electron chi connectivity index (χ0n) is 9.36. The molecule has 0 aliphatic rings. The molecule has 0 heterocycles. The summed E-state index contributed by atoms with van der Waals surface area (Å²) in [6, 6.07) is 0. The minimum absolute atomic E-state index is 0.0717. The van der Waals surface area contributed by atoms with E-state index in [0.29, 0.717) is 6.61 Å². The fraction of sp³-hybridized carbons (Fsp3) is 1.00. The van der Waals surface area contributed by atoms with E-state index in [0.717, 1.165) is 19.3 Å². The fourth-order valence-corrected chi connectivity index (χ4v) is 0.708. The van der Waals surface area contributed by atoms with Gasteiger partial charge in [-0.05, 0) is 19.8 Å². The Balaban J connectivity index is 3.21. The van der Waals surface area contributed by atoms with Gasteiger partial charge in [0, 0.05) is 0 Å². The van der Waals surface area contributed by atoms with Gasteiger partial charge >= 0.3 is 0 Å². The lowest BCUT2D eigenvalue weighted by Gasteiger charge is -2.14. The topological polar surface area (TPSA) is 47.9 Å². The van der Waals surface area contributed by atoms with E-state index in [1.165, 1.54) is 0 Å². The molecule has 14 heavy (non-hydrogen) atoms. The van der Waals surface area contributed by atoms with E-state index in [2.05, 4.69) is 6.92 Å². The van der Waals surface area contributed by atoms with Crippen LogP contribution in [0.1, 0.15) is 40.0 Å². The van der Waals surface area contributed by atoms with Gasteiger partial charge in [0.05, 0.1) is 12.7 Å². The van der Waals surface area contributed by atoms with Crippen LogP contribution in [-0.4, -0.2) is 31.1 Å². The lowest BCUT2D eigenvalue weighted by Crippen LogP contribution is -2.20. The third kappa shape index (κ3) is 8.44. The smallest absolute Gasteiger partial charge is 0.271 e. The first kappa shape index (κ1) is 13.8. The van der Waals surface area contributed by atoms with Gasteiger partial charge in [0.15, 0.2) is 6.79 Å². The molecule has 0 fully saturated rings. The average Bonchev–Trinajstić information content (AvgIpc) is 2.18. The van der Waals surface area contributed by atoms with Crippen molar-refractivity contribution >= 4 is 0 Å². The Kier molecular flexibility index (Phi) is 9.29. The van der Waals surface area contributed by atoms with Gasteiger partial charge in [-0.3, -0.25) is 0 Å². The van der Waals surface area contributed by atoms with Crippen molar-refractivity contribution in [3.63, 3.8) is 0 Å². The maximum atomic E-state index is 9.14. The van der Waals surface area contributed by atoms with Crippen LogP contribution < -0.4 is 0 Å². The first-order valence-electron chi connectivity index (χ1n) is 5.23. The van der Waals surface area contributed by atoms with Crippen LogP contribution in [0.3, 0.4) is 0 Å². The Morgan fingerprint density at radius 3 is 2.43 bits per heavy atom. The SMILES string of the molecule is CCCCOC(O)OCOC(C)CC. The molecule has 2 atom stereocenters. The van der Waals surface area contributed by atoms with Gasteiger partial charge in [-0.15, -0.1) is 0 Å². The summed E-state index contributed by atoms with van der Waals surface area (Å²) in [5.74, 6) is 0. The van der Waals surface area contributed by atoms with Crippen molar-refractivity contribution in [2.75, 3.05) is 13.4 Å². The van der Waals surface area contributed by atoms with E-state index in [-0.39, 0.29) is 12.9 Å². The van der Waals surface area contributed by atoms with Crippen LogP contribution >= 0.6 is 0 Å². The number of rotatable bonds is 9. The highest BCUT2D eigenvalue weighted by Gasteiger charge is 2.04. The number of hydrogen-bond acceptors (Lipinski definition) is 4. The first-order valence-corrected chi connectivity index (χ1v) is 5.23. The molecule has 0 amide bonds. The summed E-state index contributed by atoms with van der Waals surface area (Å²) in [6.07, 6.45) is 3.04. The predicted molar refractivity (Wildman–Crippen MR) is 53.7 cm³/mol. The quantitative estimate of drug-likeness (QED) is 0.462. The molecule has 4 nitrogen and oxygen atoms in total. The molecular weight excluding hydrogens is 184 g/mol. The van der Waals surface area contributed by atoms with Crippen LogP contribution in [0.4, 0.5) is 0 Å². The third-order valence-electron chi connectivity index (χ3n) is 1.90. The zero-order chi connectivity index (χ0) is 10.8. The van der Waals surface area contributed by atoms with E-state index in [1.54, 1.807) is 0 Å². The Bertz CT molecular complexity index is 119. The molecule has 0 radical (unpaired) electrons. The van der Waals surface area contributed by atoms with Crippen molar-refractivity contribution < 1.29 is 19.3 Å². The van der Waals surface area contributed by atoms with E-state index in [1.807, 2.05) is 13.8 Å². The van der Waals surface area contributed by atoms with Crippen molar-refractivity contribution in [3.8, 4) is 0 Å². The lowest BCUT2D eigenvalue weighted by molar-refractivity contribution is -0.296.